The minimum absolute atomic E-state index is 0.350. The molecular formula is C18H26N2O. The van der Waals surface area contributed by atoms with E-state index in [0.717, 1.165) is 45.4 Å². The monoisotopic (exact) mass is 286 g/mol. The first kappa shape index (κ1) is 14.6. The number of carbonyl (C=O) groups excluding carboxylic acids is 1. The molecule has 0 radical (unpaired) electrons. The molecule has 3 heteroatoms. The molecule has 2 aliphatic rings. The summed E-state index contributed by atoms with van der Waals surface area (Å²) in [5, 5.41) is 0. The highest BCUT2D eigenvalue weighted by Gasteiger charge is 2.30. The lowest BCUT2D eigenvalue weighted by Crippen LogP contribution is -2.49. The Morgan fingerprint density at radius 3 is 2.71 bits per heavy atom. The van der Waals surface area contributed by atoms with Gasteiger partial charge in [0.15, 0.2) is 0 Å². The molecule has 0 saturated carbocycles. The minimum Gasteiger partial charge on any atom is -0.340 e. The second-order valence-corrected chi connectivity index (χ2v) is 6.27. The van der Waals surface area contributed by atoms with E-state index in [1.165, 1.54) is 24.0 Å². The quantitative estimate of drug-likeness (QED) is 0.849. The molecule has 1 saturated heterocycles. The summed E-state index contributed by atoms with van der Waals surface area (Å²) in [6.07, 6.45) is 5.29. The molecule has 1 atom stereocenters. The fourth-order valence-electron chi connectivity index (χ4n) is 3.68. The molecule has 0 spiro atoms. The first-order valence-corrected chi connectivity index (χ1v) is 8.39. The molecule has 1 aliphatic carbocycles. The standard InChI is InChI=1S/C18H26N2O/c1-2-3-8-18(21)20-13-11-19(12-14-20)17-10-9-15-6-4-5-7-16(15)17/h4-7,17H,2-3,8-14H2,1H3. The van der Waals surface area contributed by atoms with E-state index in [2.05, 4.69) is 41.0 Å². The first-order chi connectivity index (χ1) is 10.3. The van der Waals surface area contributed by atoms with Gasteiger partial charge in [-0.2, -0.15) is 0 Å². The van der Waals surface area contributed by atoms with Crippen molar-refractivity contribution in [2.45, 2.75) is 45.1 Å². The Morgan fingerprint density at radius 1 is 1.19 bits per heavy atom. The van der Waals surface area contributed by atoms with E-state index >= 15 is 0 Å². The summed E-state index contributed by atoms with van der Waals surface area (Å²) in [7, 11) is 0. The van der Waals surface area contributed by atoms with Crippen LogP contribution in [0.3, 0.4) is 0 Å². The van der Waals surface area contributed by atoms with Crippen LogP contribution in [-0.4, -0.2) is 41.9 Å². The lowest BCUT2D eigenvalue weighted by atomic mass is 10.1. The van der Waals surface area contributed by atoms with Crippen molar-refractivity contribution in [2.24, 2.45) is 0 Å². The third-order valence-electron chi connectivity index (χ3n) is 4.95. The van der Waals surface area contributed by atoms with Gasteiger partial charge in [-0.1, -0.05) is 37.6 Å². The van der Waals surface area contributed by atoms with Crippen LogP contribution in [0, 0.1) is 0 Å². The number of hydrogen-bond acceptors (Lipinski definition) is 2. The lowest BCUT2D eigenvalue weighted by Gasteiger charge is -2.38. The van der Waals surface area contributed by atoms with Crippen molar-refractivity contribution in [3.8, 4) is 0 Å². The fourth-order valence-corrected chi connectivity index (χ4v) is 3.68. The number of unbranched alkanes of at least 4 members (excludes halogenated alkanes) is 1. The van der Waals surface area contributed by atoms with Gasteiger partial charge < -0.3 is 4.90 Å². The zero-order chi connectivity index (χ0) is 14.7. The van der Waals surface area contributed by atoms with Gasteiger partial charge in [0.25, 0.3) is 0 Å². The zero-order valence-corrected chi connectivity index (χ0v) is 13.1. The molecule has 3 nitrogen and oxygen atoms in total. The van der Waals surface area contributed by atoms with Crippen LogP contribution in [0.4, 0.5) is 0 Å². The van der Waals surface area contributed by atoms with E-state index < -0.39 is 0 Å². The van der Waals surface area contributed by atoms with Gasteiger partial charge in [-0.25, -0.2) is 0 Å². The van der Waals surface area contributed by atoms with Crippen molar-refractivity contribution in [1.82, 2.24) is 9.80 Å². The average Bonchev–Trinajstić information content (AvgIpc) is 2.97. The highest BCUT2D eigenvalue weighted by molar-refractivity contribution is 5.76. The first-order valence-electron chi connectivity index (χ1n) is 8.39. The smallest absolute Gasteiger partial charge is 0.222 e. The number of piperazine rings is 1. The van der Waals surface area contributed by atoms with Crippen molar-refractivity contribution < 1.29 is 4.79 Å². The van der Waals surface area contributed by atoms with Crippen LogP contribution >= 0.6 is 0 Å². The summed E-state index contributed by atoms with van der Waals surface area (Å²) in [4.78, 5) is 16.7. The number of rotatable bonds is 4. The molecular weight excluding hydrogens is 260 g/mol. The van der Waals surface area contributed by atoms with Crippen molar-refractivity contribution in [3.05, 3.63) is 35.4 Å². The number of amides is 1. The molecule has 0 aromatic heterocycles. The molecule has 21 heavy (non-hydrogen) atoms. The van der Waals surface area contributed by atoms with E-state index in [4.69, 9.17) is 0 Å². The molecule has 0 N–H and O–H groups in total. The molecule has 1 unspecified atom stereocenters. The van der Waals surface area contributed by atoms with Gasteiger partial charge in [-0.3, -0.25) is 9.69 Å². The molecule has 0 bridgehead atoms. The maximum Gasteiger partial charge on any atom is 0.222 e. The topological polar surface area (TPSA) is 23.6 Å². The van der Waals surface area contributed by atoms with Crippen LogP contribution in [0.5, 0.6) is 0 Å². The predicted molar refractivity (Wildman–Crippen MR) is 85.2 cm³/mol. The molecule has 1 aliphatic heterocycles. The van der Waals surface area contributed by atoms with Crippen molar-refractivity contribution >= 4 is 5.91 Å². The molecule has 1 aromatic rings. The van der Waals surface area contributed by atoms with Crippen LogP contribution in [0.2, 0.25) is 0 Å². The molecule has 3 rings (SSSR count). The number of hydrogen-bond donors (Lipinski definition) is 0. The molecule has 1 aromatic carbocycles. The van der Waals surface area contributed by atoms with Crippen molar-refractivity contribution in [1.29, 1.82) is 0 Å². The summed E-state index contributed by atoms with van der Waals surface area (Å²) >= 11 is 0. The zero-order valence-electron chi connectivity index (χ0n) is 13.1. The molecule has 114 valence electrons. The summed E-state index contributed by atoms with van der Waals surface area (Å²) in [6.45, 7) is 6.00. The maximum atomic E-state index is 12.1. The van der Waals surface area contributed by atoms with Gasteiger partial charge in [-0.05, 0) is 30.4 Å². The van der Waals surface area contributed by atoms with Gasteiger partial charge in [0.1, 0.15) is 0 Å². The number of fused-ring (bicyclic) bond motifs is 1. The average molecular weight is 286 g/mol. The largest absolute Gasteiger partial charge is 0.340 e. The Bertz CT molecular complexity index is 492. The molecule has 1 amide bonds. The van der Waals surface area contributed by atoms with Crippen molar-refractivity contribution in [2.75, 3.05) is 26.2 Å². The lowest BCUT2D eigenvalue weighted by molar-refractivity contribution is -0.133. The number of nitrogens with zero attached hydrogens (tertiary/aromatic N) is 2. The Hall–Kier alpha value is -1.35. The number of benzene rings is 1. The van der Waals surface area contributed by atoms with Crippen LogP contribution in [-0.2, 0) is 11.2 Å². The Morgan fingerprint density at radius 2 is 1.95 bits per heavy atom. The van der Waals surface area contributed by atoms with Crippen molar-refractivity contribution in [3.63, 3.8) is 0 Å². The van der Waals surface area contributed by atoms with E-state index in [1.807, 2.05) is 0 Å². The van der Waals surface area contributed by atoms with Gasteiger partial charge in [0.05, 0.1) is 0 Å². The van der Waals surface area contributed by atoms with Crippen LogP contribution in [0.1, 0.15) is 49.8 Å². The summed E-state index contributed by atoms with van der Waals surface area (Å²) in [6, 6.07) is 9.42. The third kappa shape index (κ3) is 3.13. The summed E-state index contributed by atoms with van der Waals surface area (Å²) < 4.78 is 0. The van der Waals surface area contributed by atoms with E-state index in [0.29, 0.717) is 11.9 Å². The van der Waals surface area contributed by atoms with Crippen LogP contribution < -0.4 is 0 Å². The molecule has 1 fully saturated rings. The van der Waals surface area contributed by atoms with E-state index in [9.17, 15) is 4.79 Å². The number of aryl methyl sites for hydroxylation is 1. The Balaban J connectivity index is 1.56. The SMILES string of the molecule is CCCCC(=O)N1CCN(C2CCc3ccccc32)CC1. The Kier molecular flexibility index (Phi) is 4.59. The van der Waals surface area contributed by atoms with Gasteiger partial charge in [0.2, 0.25) is 5.91 Å². The summed E-state index contributed by atoms with van der Waals surface area (Å²) in [5.74, 6) is 0.350. The third-order valence-corrected chi connectivity index (χ3v) is 4.95. The van der Waals surface area contributed by atoms with Gasteiger partial charge >= 0.3 is 0 Å². The predicted octanol–water partition coefficient (Wildman–Crippen LogP) is 3.01. The van der Waals surface area contributed by atoms with Crippen LogP contribution in [0.15, 0.2) is 24.3 Å². The highest BCUT2D eigenvalue weighted by atomic mass is 16.2. The van der Waals surface area contributed by atoms with Gasteiger partial charge in [-0.15, -0.1) is 0 Å². The van der Waals surface area contributed by atoms with Gasteiger partial charge in [0, 0.05) is 38.6 Å². The van der Waals surface area contributed by atoms with E-state index in [1.54, 1.807) is 0 Å². The minimum atomic E-state index is 0.350. The second-order valence-electron chi connectivity index (χ2n) is 6.27. The fraction of sp³-hybridized carbons (Fsp3) is 0.611. The van der Waals surface area contributed by atoms with E-state index in [-0.39, 0.29) is 0 Å². The maximum absolute atomic E-state index is 12.1. The number of carbonyl (C=O) groups is 1. The summed E-state index contributed by atoms with van der Waals surface area (Å²) in [5.41, 5.74) is 3.03. The Labute approximate surface area is 127 Å². The van der Waals surface area contributed by atoms with Crippen LogP contribution in [0.25, 0.3) is 0 Å². The second kappa shape index (κ2) is 6.61. The normalized spacial score (nSPS) is 22.3. The molecule has 1 heterocycles. The highest BCUT2D eigenvalue weighted by Crippen LogP contribution is 2.35.